The summed E-state index contributed by atoms with van der Waals surface area (Å²) in [7, 11) is 0. The topological polar surface area (TPSA) is 83.6 Å². The second-order valence-corrected chi connectivity index (χ2v) is 6.06. The number of aliphatic carboxylic acids is 1. The lowest BCUT2D eigenvalue weighted by Gasteiger charge is -2.21. The maximum absolute atomic E-state index is 11.8. The van der Waals surface area contributed by atoms with Gasteiger partial charge in [0.1, 0.15) is 5.00 Å². The number of aryl methyl sites for hydroxylation is 1. The minimum Gasteiger partial charge on any atom is -0.481 e. The highest BCUT2D eigenvalue weighted by Gasteiger charge is 2.26. The number of anilines is 1. The van der Waals surface area contributed by atoms with E-state index in [-0.39, 0.29) is 6.42 Å². The molecular formula is C14H20N2O3S. The first-order chi connectivity index (χ1) is 9.54. The van der Waals surface area contributed by atoms with Gasteiger partial charge in [0, 0.05) is 18.0 Å². The van der Waals surface area contributed by atoms with E-state index >= 15 is 0 Å². The van der Waals surface area contributed by atoms with Crippen LogP contribution in [-0.4, -0.2) is 30.1 Å². The number of hydrogen-bond donors (Lipinski definition) is 2. The Hall–Kier alpha value is -1.56. The zero-order valence-electron chi connectivity index (χ0n) is 11.6. The minimum absolute atomic E-state index is 0.0641. The number of carboxylic acids is 1. The summed E-state index contributed by atoms with van der Waals surface area (Å²) >= 11 is 1.61. The number of primary amides is 1. The Morgan fingerprint density at radius 3 is 2.65 bits per heavy atom. The number of carbonyl (C=O) groups is 2. The normalized spacial score (nSPS) is 13.8. The molecule has 0 spiro atoms. The van der Waals surface area contributed by atoms with Crippen LogP contribution in [0.1, 0.15) is 47.0 Å². The first-order valence-corrected chi connectivity index (χ1v) is 7.77. The van der Waals surface area contributed by atoms with Crippen LogP contribution in [0.15, 0.2) is 0 Å². The van der Waals surface area contributed by atoms with E-state index in [0.717, 1.165) is 36.2 Å². The monoisotopic (exact) mass is 296 g/mol. The Labute approximate surface area is 122 Å². The van der Waals surface area contributed by atoms with Crippen LogP contribution < -0.4 is 10.6 Å². The summed E-state index contributed by atoms with van der Waals surface area (Å²) < 4.78 is 0. The molecule has 1 aromatic rings. The van der Waals surface area contributed by atoms with Crippen LogP contribution in [0.5, 0.6) is 0 Å². The largest absolute Gasteiger partial charge is 0.481 e. The van der Waals surface area contributed by atoms with E-state index in [1.807, 2.05) is 11.8 Å². The number of amides is 1. The van der Waals surface area contributed by atoms with Crippen LogP contribution in [0.4, 0.5) is 5.00 Å². The maximum Gasteiger partial charge on any atom is 0.305 e. The van der Waals surface area contributed by atoms with Crippen molar-refractivity contribution in [3.63, 3.8) is 0 Å². The van der Waals surface area contributed by atoms with Crippen molar-refractivity contribution in [2.75, 3.05) is 18.0 Å². The fraction of sp³-hybridized carbons (Fsp3) is 0.571. The molecule has 0 fully saturated rings. The zero-order chi connectivity index (χ0) is 14.7. The third-order valence-corrected chi connectivity index (χ3v) is 5.02. The zero-order valence-corrected chi connectivity index (χ0v) is 12.5. The van der Waals surface area contributed by atoms with Gasteiger partial charge < -0.3 is 15.7 Å². The molecule has 1 aliphatic carbocycles. The highest BCUT2D eigenvalue weighted by atomic mass is 32.1. The molecule has 0 radical (unpaired) electrons. The van der Waals surface area contributed by atoms with Gasteiger partial charge in [-0.3, -0.25) is 9.59 Å². The molecular weight excluding hydrogens is 276 g/mol. The van der Waals surface area contributed by atoms with Crippen LogP contribution in [0.3, 0.4) is 0 Å². The van der Waals surface area contributed by atoms with Crippen LogP contribution in [-0.2, 0) is 17.6 Å². The fourth-order valence-corrected chi connectivity index (χ4v) is 4.14. The predicted octanol–water partition coefficient (Wildman–Crippen LogP) is 2.03. The van der Waals surface area contributed by atoms with Gasteiger partial charge >= 0.3 is 5.97 Å². The van der Waals surface area contributed by atoms with E-state index in [1.165, 1.54) is 4.88 Å². The van der Waals surface area contributed by atoms with Crippen LogP contribution in [0, 0.1) is 0 Å². The van der Waals surface area contributed by atoms with Crippen molar-refractivity contribution in [2.45, 2.75) is 39.0 Å². The molecule has 3 N–H and O–H groups in total. The first kappa shape index (κ1) is 14.8. The van der Waals surface area contributed by atoms with E-state index in [1.54, 1.807) is 11.3 Å². The van der Waals surface area contributed by atoms with E-state index in [0.29, 0.717) is 18.7 Å². The molecule has 0 atom stereocenters. The van der Waals surface area contributed by atoms with Crippen LogP contribution in [0.25, 0.3) is 0 Å². The van der Waals surface area contributed by atoms with Crippen molar-refractivity contribution in [3.05, 3.63) is 16.0 Å². The number of nitrogens with zero attached hydrogens (tertiary/aromatic N) is 1. The molecule has 1 heterocycles. The van der Waals surface area contributed by atoms with Gasteiger partial charge in [-0.2, -0.15) is 0 Å². The lowest BCUT2D eigenvalue weighted by molar-refractivity contribution is -0.136. The minimum atomic E-state index is -0.828. The SMILES string of the molecule is CCN(CCC(=O)O)c1sc2c(c1C(N)=O)CCCC2. The molecule has 110 valence electrons. The number of hydrogen-bond acceptors (Lipinski definition) is 4. The van der Waals surface area contributed by atoms with Crippen molar-refractivity contribution in [2.24, 2.45) is 5.73 Å². The number of thiophene rings is 1. The Bertz CT molecular complexity index is 525. The van der Waals surface area contributed by atoms with Crippen LogP contribution in [0.2, 0.25) is 0 Å². The molecule has 1 aliphatic rings. The Balaban J connectivity index is 2.35. The average Bonchev–Trinajstić information content (AvgIpc) is 2.78. The molecule has 0 aromatic carbocycles. The number of nitrogens with two attached hydrogens (primary N) is 1. The van der Waals surface area contributed by atoms with Crippen molar-refractivity contribution in [1.82, 2.24) is 0 Å². The van der Waals surface area contributed by atoms with Crippen molar-refractivity contribution in [1.29, 1.82) is 0 Å². The van der Waals surface area contributed by atoms with Gasteiger partial charge in [0.25, 0.3) is 5.91 Å². The van der Waals surface area contributed by atoms with Crippen molar-refractivity contribution >= 4 is 28.2 Å². The summed E-state index contributed by atoms with van der Waals surface area (Å²) in [5.41, 5.74) is 7.27. The lowest BCUT2D eigenvalue weighted by Crippen LogP contribution is -2.27. The molecule has 0 unspecified atom stereocenters. The molecule has 20 heavy (non-hydrogen) atoms. The smallest absolute Gasteiger partial charge is 0.305 e. The van der Waals surface area contributed by atoms with E-state index in [9.17, 15) is 9.59 Å². The van der Waals surface area contributed by atoms with Crippen LogP contribution >= 0.6 is 11.3 Å². The molecule has 1 amide bonds. The van der Waals surface area contributed by atoms with Gasteiger partial charge in [0.15, 0.2) is 0 Å². The van der Waals surface area contributed by atoms with E-state index in [2.05, 4.69) is 0 Å². The number of rotatable bonds is 6. The van der Waals surface area contributed by atoms with Gasteiger partial charge in [0.05, 0.1) is 12.0 Å². The quantitative estimate of drug-likeness (QED) is 0.841. The molecule has 1 aromatic heterocycles. The van der Waals surface area contributed by atoms with Gasteiger partial charge in [0.2, 0.25) is 0 Å². The Morgan fingerprint density at radius 1 is 1.35 bits per heavy atom. The second kappa shape index (κ2) is 6.26. The first-order valence-electron chi connectivity index (χ1n) is 6.95. The highest BCUT2D eigenvalue weighted by molar-refractivity contribution is 7.16. The third-order valence-electron chi connectivity index (χ3n) is 3.66. The summed E-state index contributed by atoms with van der Waals surface area (Å²) in [6.07, 6.45) is 4.20. The average molecular weight is 296 g/mol. The highest BCUT2D eigenvalue weighted by Crippen LogP contribution is 2.39. The van der Waals surface area contributed by atoms with Crippen molar-refractivity contribution in [3.8, 4) is 0 Å². The maximum atomic E-state index is 11.8. The molecule has 0 saturated heterocycles. The van der Waals surface area contributed by atoms with Gasteiger partial charge in [-0.05, 0) is 38.2 Å². The van der Waals surface area contributed by atoms with Crippen molar-refractivity contribution < 1.29 is 14.7 Å². The summed E-state index contributed by atoms with van der Waals surface area (Å²) in [5.74, 6) is -1.22. The molecule has 0 saturated carbocycles. The number of fused-ring (bicyclic) bond motifs is 1. The van der Waals surface area contributed by atoms with Gasteiger partial charge in [-0.25, -0.2) is 0 Å². The third kappa shape index (κ3) is 2.95. The Kier molecular flexibility index (Phi) is 4.65. The molecule has 0 bridgehead atoms. The standard InChI is InChI=1S/C14H20N2O3S/c1-2-16(8-7-11(17)18)14-12(13(15)19)9-5-3-4-6-10(9)20-14/h2-8H2,1H3,(H2,15,19)(H,17,18). The number of carboxylic acid groups (broad SMARTS) is 1. The molecule has 5 nitrogen and oxygen atoms in total. The second-order valence-electron chi connectivity index (χ2n) is 4.98. The van der Waals surface area contributed by atoms with Gasteiger partial charge in [-0.15, -0.1) is 11.3 Å². The fourth-order valence-electron chi connectivity index (χ4n) is 2.66. The predicted molar refractivity (Wildman–Crippen MR) is 79.6 cm³/mol. The summed E-state index contributed by atoms with van der Waals surface area (Å²) in [6, 6.07) is 0. The summed E-state index contributed by atoms with van der Waals surface area (Å²) in [5, 5.41) is 9.69. The van der Waals surface area contributed by atoms with E-state index in [4.69, 9.17) is 10.8 Å². The molecule has 6 heteroatoms. The molecule has 0 aliphatic heterocycles. The van der Waals surface area contributed by atoms with E-state index < -0.39 is 11.9 Å². The number of carbonyl (C=O) groups excluding carboxylic acids is 1. The molecule has 2 rings (SSSR count). The summed E-state index contributed by atoms with van der Waals surface area (Å²) in [4.78, 5) is 25.7. The Morgan fingerprint density at radius 2 is 2.05 bits per heavy atom. The van der Waals surface area contributed by atoms with Gasteiger partial charge in [-0.1, -0.05) is 0 Å². The summed E-state index contributed by atoms with van der Waals surface area (Å²) in [6.45, 7) is 3.05. The lowest BCUT2D eigenvalue weighted by atomic mass is 9.95.